The van der Waals surface area contributed by atoms with Gasteiger partial charge in [-0.25, -0.2) is 0 Å². The molecular formula is C29H57NO4. The number of hydroxylamine groups is 2. The first-order valence-corrected chi connectivity index (χ1v) is 14.3. The minimum atomic E-state index is -0.423. The summed E-state index contributed by atoms with van der Waals surface area (Å²) >= 11 is 0. The lowest BCUT2D eigenvalue weighted by atomic mass is 9.95. The number of rotatable bonds is 22. The van der Waals surface area contributed by atoms with E-state index in [-0.39, 0.29) is 24.1 Å². The number of hydrogen-bond acceptors (Lipinski definition) is 5. The molecule has 0 fully saturated rings. The van der Waals surface area contributed by atoms with Crippen molar-refractivity contribution in [1.82, 2.24) is 5.06 Å². The third-order valence-corrected chi connectivity index (χ3v) is 6.40. The molecule has 0 spiro atoms. The summed E-state index contributed by atoms with van der Waals surface area (Å²) in [6.45, 7) is 13.6. The van der Waals surface area contributed by atoms with Gasteiger partial charge < -0.3 is 9.57 Å². The summed E-state index contributed by atoms with van der Waals surface area (Å²) in [7, 11) is 0. The second-order valence-electron chi connectivity index (χ2n) is 11.0. The number of esters is 1. The van der Waals surface area contributed by atoms with Crippen LogP contribution in [0.3, 0.4) is 0 Å². The van der Waals surface area contributed by atoms with E-state index in [2.05, 4.69) is 6.92 Å². The van der Waals surface area contributed by atoms with Gasteiger partial charge in [0, 0.05) is 25.8 Å². The zero-order valence-electron chi connectivity index (χ0n) is 23.8. The third-order valence-electron chi connectivity index (χ3n) is 6.40. The number of carbonyl (C=O) groups is 2. The van der Waals surface area contributed by atoms with Gasteiger partial charge in [0.2, 0.25) is 0 Å². The van der Waals surface area contributed by atoms with Crippen LogP contribution >= 0.6 is 0 Å². The molecule has 1 unspecified atom stereocenters. The first-order valence-electron chi connectivity index (χ1n) is 14.3. The Bertz CT molecular complexity index is 518. The second kappa shape index (κ2) is 20.1. The molecule has 0 aliphatic carbocycles. The Kier molecular flexibility index (Phi) is 19.5. The molecule has 34 heavy (non-hydrogen) atoms. The summed E-state index contributed by atoms with van der Waals surface area (Å²) in [4.78, 5) is 29.4. The number of ether oxygens (including phenoxy) is 1. The van der Waals surface area contributed by atoms with Crippen molar-refractivity contribution in [3.05, 3.63) is 0 Å². The maximum absolute atomic E-state index is 12.5. The fraction of sp³-hybridized carbons (Fsp3) is 0.931. The highest BCUT2D eigenvalue weighted by Gasteiger charge is 2.34. The van der Waals surface area contributed by atoms with Crippen LogP contribution in [0.15, 0.2) is 0 Å². The lowest BCUT2D eigenvalue weighted by Gasteiger charge is -2.40. The molecule has 0 heterocycles. The minimum absolute atomic E-state index is 0.0459. The predicted octanol–water partition coefficient (Wildman–Crippen LogP) is 8.54. The highest BCUT2D eigenvalue weighted by atomic mass is 16.7. The predicted molar refractivity (Wildman–Crippen MR) is 143 cm³/mol. The number of carbonyl (C=O) groups excluding carboxylic acids is 2. The van der Waals surface area contributed by atoms with Gasteiger partial charge in [-0.1, -0.05) is 96.8 Å². The van der Waals surface area contributed by atoms with Gasteiger partial charge in [0.15, 0.2) is 0 Å². The van der Waals surface area contributed by atoms with Crippen molar-refractivity contribution in [3.63, 3.8) is 0 Å². The van der Waals surface area contributed by atoms with E-state index in [0.717, 1.165) is 12.8 Å². The van der Waals surface area contributed by atoms with Crippen molar-refractivity contribution in [2.75, 3.05) is 0 Å². The normalized spacial score (nSPS) is 12.9. The van der Waals surface area contributed by atoms with Crippen molar-refractivity contribution in [2.24, 2.45) is 0 Å². The van der Waals surface area contributed by atoms with E-state index >= 15 is 0 Å². The Morgan fingerprint density at radius 3 is 1.53 bits per heavy atom. The molecule has 5 nitrogen and oxygen atoms in total. The quantitative estimate of drug-likeness (QED) is 0.0877. The zero-order valence-corrected chi connectivity index (χ0v) is 23.8. The van der Waals surface area contributed by atoms with Gasteiger partial charge in [-0.3, -0.25) is 9.59 Å². The van der Waals surface area contributed by atoms with Crippen LogP contribution in [-0.2, 0) is 19.2 Å². The SMILES string of the molecule is CCCCCCCCCCCCCCCCCC(=O)ON(C(C)C)C(C)(C)CC(C)OC(C)=O. The maximum atomic E-state index is 12.5. The van der Waals surface area contributed by atoms with E-state index in [1.807, 2.05) is 34.6 Å². The molecule has 0 saturated carbocycles. The van der Waals surface area contributed by atoms with Gasteiger partial charge in [-0.05, 0) is 41.0 Å². The van der Waals surface area contributed by atoms with Gasteiger partial charge in [0.1, 0.15) is 6.10 Å². The lowest BCUT2D eigenvalue weighted by molar-refractivity contribution is -0.234. The molecular weight excluding hydrogens is 426 g/mol. The molecule has 0 aromatic rings. The molecule has 1 atom stereocenters. The summed E-state index contributed by atoms with van der Waals surface area (Å²) in [6.07, 6.45) is 20.5. The van der Waals surface area contributed by atoms with E-state index in [1.165, 1.54) is 90.4 Å². The molecule has 0 N–H and O–H groups in total. The van der Waals surface area contributed by atoms with E-state index < -0.39 is 5.54 Å². The molecule has 202 valence electrons. The molecule has 0 aliphatic rings. The fourth-order valence-electron chi connectivity index (χ4n) is 4.84. The van der Waals surface area contributed by atoms with E-state index in [4.69, 9.17) is 9.57 Å². The van der Waals surface area contributed by atoms with Crippen LogP contribution in [0.1, 0.15) is 158 Å². The van der Waals surface area contributed by atoms with Crippen molar-refractivity contribution < 1.29 is 19.2 Å². The standard InChI is InChI=1S/C29H57NO4/c1-8-9-10-11-12-13-14-15-16-17-18-19-20-21-22-23-28(32)34-30(25(2)3)29(6,7)24-26(4)33-27(5)31/h25-26H,8-24H2,1-7H3. The van der Waals surface area contributed by atoms with Crippen LogP contribution in [0.5, 0.6) is 0 Å². The van der Waals surface area contributed by atoms with Crippen LogP contribution in [0.4, 0.5) is 0 Å². The summed E-state index contributed by atoms with van der Waals surface area (Å²) in [5, 5.41) is 1.76. The zero-order chi connectivity index (χ0) is 25.8. The number of nitrogens with zero attached hydrogens (tertiary/aromatic N) is 1. The van der Waals surface area contributed by atoms with E-state index in [1.54, 1.807) is 5.06 Å². The molecule has 0 aromatic heterocycles. The van der Waals surface area contributed by atoms with Crippen LogP contribution < -0.4 is 0 Å². The average molecular weight is 484 g/mol. The highest BCUT2D eigenvalue weighted by Crippen LogP contribution is 2.25. The highest BCUT2D eigenvalue weighted by molar-refractivity contribution is 5.69. The van der Waals surface area contributed by atoms with Crippen LogP contribution in [0, 0.1) is 0 Å². The Balaban J connectivity index is 3.88. The van der Waals surface area contributed by atoms with Crippen molar-refractivity contribution >= 4 is 11.9 Å². The molecule has 0 rings (SSSR count). The molecule has 5 heteroatoms. The Morgan fingerprint density at radius 1 is 0.735 bits per heavy atom. The smallest absolute Gasteiger partial charge is 0.325 e. The second-order valence-corrected chi connectivity index (χ2v) is 11.0. The van der Waals surface area contributed by atoms with Crippen LogP contribution in [0.25, 0.3) is 0 Å². The van der Waals surface area contributed by atoms with Gasteiger partial charge >= 0.3 is 11.9 Å². The van der Waals surface area contributed by atoms with Gasteiger partial charge in [-0.2, -0.15) is 0 Å². The van der Waals surface area contributed by atoms with Gasteiger partial charge in [0.25, 0.3) is 0 Å². The summed E-state index contributed by atoms with van der Waals surface area (Å²) < 4.78 is 5.28. The van der Waals surface area contributed by atoms with Gasteiger partial charge in [0.05, 0.1) is 5.54 Å². The van der Waals surface area contributed by atoms with Crippen molar-refractivity contribution in [3.8, 4) is 0 Å². The number of hydrogen-bond donors (Lipinski definition) is 0. The monoisotopic (exact) mass is 483 g/mol. The van der Waals surface area contributed by atoms with E-state index in [9.17, 15) is 9.59 Å². The Hall–Kier alpha value is -1.10. The molecule has 0 bridgehead atoms. The van der Waals surface area contributed by atoms with Crippen LogP contribution in [-0.4, -0.2) is 34.7 Å². The average Bonchev–Trinajstić information content (AvgIpc) is 2.73. The first kappa shape index (κ1) is 32.9. The molecule has 0 aromatic carbocycles. The maximum Gasteiger partial charge on any atom is 0.325 e. The summed E-state index contributed by atoms with van der Waals surface area (Å²) in [6, 6.07) is 0.0459. The minimum Gasteiger partial charge on any atom is -0.463 e. The van der Waals surface area contributed by atoms with Gasteiger partial charge in [-0.15, -0.1) is 5.06 Å². The number of unbranched alkanes of at least 4 members (excludes halogenated alkanes) is 14. The molecule has 0 radical (unpaired) electrons. The fourth-order valence-corrected chi connectivity index (χ4v) is 4.84. The summed E-state index contributed by atoms with van der Waals surface area (Å²) in [5.74, 6) is -0.457. The van der Waals surface area contributed by atoms with E-state index in [0.29, 0.717) is 12.8 Å². The lowest BCUT2D eigenvalue weighted by Crippen LogP contribution is -2.50. The topological polar surface area (TPSA) is 55.8 Å². The molecule has 0 aliphatic heterocycles. The Morgan fingerprint density at radius 2 is 1.15 bits per heavy atom. The molecule has 0 saturated heterocycles. The van der Waals surface area contributed by atoms with Crippen LogP contribution in [0.2, 0.25) is 0 Å². The largest absolute Gasteiger partial charge is 0.463 e. The molecule has 0 amide bonds. The van der Waals surface area contributed by atoms with Crippen molar-refractivity contribution in [2.45, 2.75) is 175 Å². The van der Waals surface area contributed by atoms with Crippen molar-refractivity contribution in [1.29, 1.82) is 0 Å². The summed E-state index contributed by atoms with van der Waals surface area (Å²) in [5.41, 5.74) is -0.423. The first-order chi connectivity index (χ1) is 16.1. The third kappa shape index (κ3) is 18.3. The Labute approximate surface area is 211 Å².